The van der Waals surface area contributed by atoms with Gasteiger partial charge in [-0.05, 0) is 31.4 Å². The molecule has 2 aromatic rings. The van der Waals surface area contributed by atoms with Gasteiger partial charge in [0.15, 0.2) is 5.13 Å². The highest BCUT2D eigenvalue weighted by atomic mass is 32.1. The van der Waals surface area contributed by atoms with E-state index in [1.165, 1.54) is 11.1 Å². The summed E-state index contributed by atoms with van der Waals surface area (Å²) in [6.07, 6.45) is 4.78. The van der Waals surface area contributed by atoms with E-state index in [1.54, 1.807) is 23.5 Å². The third-order valence-corrected chi connectivity index (χ3v) is 4.06. The second-order valence-electron chi connectivity index (χ2n) is 4.27. The molecule has 0 unspecified atom stereocenters. The maximum Gasteiger partial charge on any atom is 0.257 e. The van der Waals surface area contributed by atoms with Gasteiger partial charge in [-0.1, -0.05) is 0 Å². The molecule has 0 saturated heterocycles. The lowest BCUT2D eigenvalue weighted by Gasteiger charge is -2.03. The number of hydrogen-bond donors (Lipinski definition) is 3. The molecule has 1 aliphatic rings. The van der Waals surface area contributed by atoms with E-state index in [0.29, 0.717) is 16.5 Å². The fourth-order valence-corrected chi connectivity index (χ4v) is 3.11. The molecule has 6 nitrogen and oxygen atoms in total. The Balaban J connectivity index is 1.76. The van der Waals surface area contributed by atoms with Gasteiger partial charge in [-0.25, -0.2) is 15.8 Å². The highest BCUT2D eigenvalue weighted by molar-refractivity contribution is 7.15. The largest absolute Gasteiger partial charge is 0.308 e. The van der Waals surface area contributed by atoms with Gasteiger partial charge in [0.05, 0.1) is 5.69 Å². The average Bonchev–Trinajstić information content (AvgIpc) is 2.99. The van der Waals surface area contributed by atoms with Crippen molar-refractivity contribution in [1.29, 1.82) is 0 Å². The molecular weight excluding hydrogens is 262 g/mol. The smallest absolute Gasteiger partial charge is 0.257 e. The fraction of sp³-hybridized carbons (Fsp3) is 0.250. The van der Waals surface area contributed by atoms with Gasteiger partial charge in [-0.2, -0.15) is 0 Å². The summed E-state index contributed by atoms with van der Waals surface area (Å²) in [6, 6.07) is 3.23. The number of rotatable bonds is 3. The van der Waals surface area contributed by atoms with Crippen LogP contribution in [0, 0.1) is 0 Å². The molecule has 1 aliphatic carbocycles. The summed E-state index contributed by atoms with van der Waals surface area (Å²) in [5.74, 6) is 5.52. The Bertz CT molecular complexity index is 603. The number of nitrogens with one attached hydrogen (secondary N) is 2. The van der Waals surface area contributed by atoms with E-state index in [2.05, 4.69) is 20.7 Å². The second-order valence-corrected chi connectivity index (χ2v) is 5.35. The minimum Gasteiger partial charge on any atom is -0.308 e. The third-order valence-electron chi connectivity index (χ3n) is 2.99. The molecule has 0 aromatic carbocycles. The number of amides is 1. The Hall–Kier alpha value is -1.99. The van der Waals surface area contributed by atoms with Gasteiger partial charge in [0.2, 0.25) is 0 Å². The number of nitrogen functional groups attached to an aromatic ring is 1. The lowest BCUT2D eigenvalue weighted by atomic mass is 10.2. The Kier molecular flexibility index (Phi) is 3.14. The van der Waals surface area contributed by atoms with Crippen LogP contribution in [-0.4, -0.2) is 15.9 Å². The molecule has 0 aliphatic heterocycles. The lowest BCUT2D eigenvalue weighted by Crippen LogP contribution is -2.14. The first-order valence-corrected chi connectivity index (χ1v) is 6.80. The number of nitrogens with two attached hydrogens (primary N) is 1. The number of fused-ring (bicyclic) bond motifs is 1. The van der Waals surface area contributed by atoms with Crippen molar-refractivity contribution in [3.05, 3.63) is 34.5 Å². The Morgan fingerprint density at radius 2 is 2.32 bits per heavy atom. The molecule has 0 saturated carbocycles. The monoisotopic (exact) mass is 275 g/mol. The molecule has 0 fully saturated rings. The van der Waals surface area contributed by atoms with Crippen LogP contribution in [0.15, 0.2) is 18.3 Å². The molecule has 2 aromatic heterocycles. The van der Waals surface area contributed by atoms with Crippen LogP contribution in [0.5, 0.6) is 0 Å². The highest BCUT2D eigenvalue weighted by Gasteiger charge is 2.18. The number of hydrogen-bond acceptors (Lipinski definition) is 6. The van der Waals surface area contributed by atoms with Crippen molar-refractivity contribution < 1.29 is 4.79 Å². The van der Waals surface area contributed by atoms with E-state index in [4.69, 9.17) is 5.84 Å². The number of carbonyl (C=O) groups is 1. The van der Waals surface area contributed by atoms with Gasteiger partial charge in [0.25, 0.3) is 5.91 Å². The zero-order chi connectivity index (χ0) is 13.2. The highest BCUT2D eigenvalue weighted by Crippen LogP contribution is 2.30. The Morgan fingerprint density at radius 3 is 3.11 bits per heavy atom. The van der Waals surface area contributed by atoms with Crippen LogP contribution in [0.2, 0.25) is 0 Å². The fourth-order valence-electron chi connectivity index (χ4n) is 2.06. The minimum absolute atomic E-state index is 0.202. The first-order valence-electron chi connectivity index (χ1n) is 5.99. The maximum absolute atomic E-state index is 12.1. The van der Waals surface area contributed by atoms with E-state index in [-0.39, 0.29) is 5.91 Å². The number of thiazole rings is 1. The maximum atomic E-state index is 12.1. The first-order chi connectivity index (χ1) is 9.26. The molecule has 98 valence electrons. The van der Waals surface area contributed by atoms with Crippen LogP contribution in [0.25, 0.3) is 0 Å². The minimum atomic E-state index is -0.202. The molecule has 2 heterocycles. The number of nitrogens with zero attached hydrogens (tertiary/aromatic N) is 2. The zero-order valence-electron chi connectivity index (χ0n) is 10.1. The molecule has 1 amide bonds. The molecule has 0 spiro atoms. The van der Waals surface area contributed by atoms with Crippen molar-refractivity contribution in [2.75, 3.05) is 10.7 Å². The van der Waals surface area contributed by atoms with Gasteiger partial charge in [0, 0.05) is 16.6 Å². The topological polar surface area (TPSA) is 92.9 Å². The van der Waals surface area contributed by atoms with E-state index in [9.17, 15) is 4.79 Å². The van der Waals surface area contributed by atoms with Gasteiger partial charge in [-0.15, -0.1) is 11.3 Å². The second kappa shape index (κ2) is 4.94. The number of aryl methyl sites for hydroxylation is 2. The van der Waals surface area contributed by atoms with Crippen LogP contribution < -0.4 is 16.6 Å². The number of anilines is 2. The van der Waals surface area contributed by atoms with Crippen LogP contribution in [0.1, 0.15) is 27.3 Å². The van der Waals surface area contributed by atoms with Crippen LogP contribution in [-0.2, 0) is 12.8 Å². The molecule has 7 heteroatoms. The number of carbonyl (C=O) groups excluding carboxylic acids is 1. The summed E-state index contributed by atoms with van der Waals surface area (Å²) in [5, 5.41) is 3.47. The van der Waals surface area contributed by atoms with Crippen molar-refractivity contribution in [3.63, 3.8) is 0 Å². The SMILES string of the molecule is NNc1cc(C(=O)Nc2nc3c(s2)CCC3)ccn1. The van der Waals surface area contributed by atoms with Gasteiger partial charge in [0.1, 0.15) is 5.82 Å². The normalized spacial score (nSPS) is 13.1. The van der Waals surface area contributed by atoms with Crippen molar-refractivity contribution in [3.8, 4) is 0 Å². The molecule has 19 heavy (non-hydrogen) atoms. The summed E-state index contributed by atoms with van der Waals surface area (Å²) in [6.45, 7) is 0. The quantitative estimate of drug-likeness (QED) is 0.584. The third kappa shape index (κ3) is 2.42. The van der Waals surface area contributed by atoms with Crippen molar-refractivity contribution in [2.45, 2.75) is 19.3 Å². The average molecular weight is 275 g/mol. The number of aromatic nitrogens is 2. The summed E-state index contributed by atoms with van der Waals surface area (Å²) in [5.41, 5.74) is 4.04. The van der Waals surface area contributed by atoms with Crippen LogP contribution in [0.4, 0.5) is 10.9 Å². The molecule has 3 rings (SSSR count). The van der Waals surface area contributed by atoms with Crippen LogP contribution in [0.3, 0.4) is 0 Å². The number of pyridine rings is 1. The van der Waals surface area contributed by atoms with Gasteiger partial charge >= 0.3 is 0 Å². The number of hydrazine groups is 1. The summed E-state index contributed by atoms with van der Waals surface area (Å²) in [7, 11) is 0. The van der Waals surface area contributed by atoms with Crippen molar-refractivity contribution in [1.82, 2.24) is 9.97 Å². The lowest BCUT2D eigenvalue weighted by molar-refractivity contribution is 0.102. The van der Waals surface area contributed by atoms with E-state index >= 15 is 0 Å². The van der Waals surface area contributed by atoms with E-state index in [0.717, 1.165) is 25.0 Å². The summed E-state index contributed by atoms with van der Waals surface area (Å²) >= 11 is 1.56. The van der Waals surface area contributed by atoms with Crippen molar-refractivity contribution >= 4 is 28.2 Å². The molecule has 0 radical (unpaired) electrons. The summed E-state index contributed by atoms with van der Waals surface area (Å²) in [4.78, 5) is 21.7. The molecule has 4 N–H and O–H groups in total. The van der Waals surface area contributed by atoms with Crippen molar-refractivity contribution in [2.24, 2.45) is 5.84 Å². The van der Waals surface area contributed by atoms with E-state index in [1.807, 2.05) is 0 Å². The molecule has 0 atom stereocenters. The Labute approximate surface area is 114 Å². The predicted molar refractivity (Wildman–Crippen MR) is 74.1 cm³/mol. The van der Waals surface area contributed by atoms with Gasteiger partial charge in [-0.3, -0.25) is 10.1 Å². The standard InChI is InChI=1S/C12H13N5OS/c13-17-10-6-7(4-5-14-10)11(18)16-12-15-8-2-1-3-9(8)19-12/h4-6H,1-3,13H2,(H,14,17)(H,15,16,18). The van der Waals surface area contributed by atoms with Crippen LogP contribution >= 0.6 is 11.3 Å². The molecule has 0 bridgehead atoms. The molecular formula is C12H13N5OS. The van der Waals surface area contributed by atoms with Gasteiger partial charge < -0.3 is 5.43 Å². The summed E-state index contributed by atoms with van der Waals surface area (Å²) < 4.78 is 0. The van der Waals surface area contributed by atoms with E-state index < -0.39 is 0 Å². The Morgan fingerprint density at radius 1 is 1.42 bits per heavy atom. The zero-order valence-corrected chi connectivity index (χ0v) is 11.0. The predicted octanol–water partition coefficient (Wildman–Crippen LogP) is 1.56. The first kappa shape index (κ1) is 12.1.